The van der Waals surface area contributed by atoms with Crippen LogP contribution in [0.3, 0.4) is 0 Å². The van der Waals surface area contributed by atoms with Crippen LogP contribution < -0.4 is 0 Å². The van der Waals surface area contributed by atoms with Crippen LogP contribution in [-0.4, -0.2) is 43.7 Å². The molecule has 0 aromatic heterocycles. The van der Waals surface area contributed by atoms with Gasteiger partial charge in [0.1, 0.15) is 0 Å². The van der Waals surface area contributed by atoms with Gasteiger partial charge >= 0.3 is 5.97 Å². The normalized spacial score (nSPS) is 22.1. The Labute approximate surface area is 148 Å². The molecule has 7 heteroatoms. The van der Waals surface area contributed by atoms with Crippen molar-refractivity contribution >= 4 is 21.8 Å². The molecule has 0 bridgehead atoms. The molecule has 6 nitrogen and oxygen atoms in total. The minimum absolute atomic E-state index is 0.0666. The van der Waals surface area contributed by atoms with Crippen molar-refractivity contribution in [3.63, 3.8) is 0 Å². The Morgan fingerprint density at radius 1 is 1.16 bits per heavy atom. The Morgan fingerprint density at radius 3 is 2.52 bits per heavy atom. The second kappa shape index (κ2) is 7.25. The minimum atomic E-state index is -3.61. The van der Waals surface area contributed by atoms with Crippen LogP contribution >= 0.6 is 0 Å². The van der Waals surface area contributed by atoms with Crippen molar-refractivity contribution in [3.8, 4) is 0 Å². The Kier molecular flexibility index (Phi) is 5.24. The number of esters is 1. The molecule has 2 aliphatic rings. The van der Waals surface area contributed by atoms with Crippen molar-refractivity contribution in [1.29, 1.82) is 0 Å². The lowest BCUT2D eigenvalue weighted by Gasteiger charge is -2.26. The zero-order chi connectivity index (χ0) is 18.0. The van der Waals surface area contributed by atoms with E-state index < -0.39 is 22.1 Å². The third-order valence-electron chi connectivity index (χ3n) is 4.88. The predicted molar refractivity (Wildman–Crippen MR) is 91.9 cm³/mol. The van der Waals surface area contributed by atoms with E-state index in [0.717, 1.165) is 25.7 Å². The van der Waals surface area contributed by atoms with E-state index in [1.165, 1.54) is 16.4 Å². The van der Waals surface area contributed by atoms with Crippen molar-refractivity contribution < 1.29 is 22.7 Å². The molecule has 0 spiro atoms. The lowest BCUT2D eigenvalue weighted by molar-refractivity contribution is -0.124. The Morgan fingerprint density at radius 2 is 1.88 bits per heavy atom. The summed E-state index contributed by atoms with van der Waals surface area (Å²) < 4.78 is 32.4. The summed E-state index contributed by atoms with van der Waals surface area (Å²) in [4.78, 5) is 24.2. The molecule has 2 fully saturated rings. The van der Waals surface area contributed by atoms with Crippen LogP contribution in [0.25, 0.3) is 0 Å². The lowest BCUT2D eigenvalue weighted by Crippen LogP contribution is -2.35. The number of piperidine rings is 1. The minimum Gasteiger partial charge on any atom is -0.451 e. The zero-order valence-corrected chi connectivity index (χ0v) is 15.2. The summed E-state index contributed by atoms with van der Waals surface area (Å²) in [6.45, 7) is 2.74. The van der Waals surface area contributed by atoms with E-state index >= 15 is 0 Å². The molecule has 1 atom stereocenters. The second-order valence-electron chi connectivity index (χ2n) is 6.69. The van der Waals surface area contributed by atoms with Crippen LogP contribution in [0.5, 0.6) is 0 Å². The summed E-state index contributed by atoms with van der Waals surface area (Å²) in [5.74, 6) is -0.698. The highest BCUT2D eigenvalue weighted by Gasteiger charge is 2.30. The van der Waals surface area contributed by atoms with Gasteiger partial charge in [0, 0.05) is 19.5 Å². The Bertz CT molecular complexity index is 781. The number of rotatable bonds is 4. The first-order valence-electron chi connectivity index (χ1n) is 8.74. The number of ether oxygens (including phenoxy) is 1. The number of aryl methyl sites for hydroxylation is 1. The number of Topliss-reactive ketones (excluding diaryl/α,β-unsaturated/α-hetero) is 1. The summed E-state index contributed by atoms with van der Waals surface area (Å²) >= 11 is 0. The SMILES string of the molecule is Cc1ccc(S(=O)(=O)N2CCCCC2)cc1C(=O)O[C@H]1CCCC1=O. The van der Waals surface area contributed by atoms with Crippen molar-refractivity contribution in [2.45, 2.75) is 56.4 Å². The van der Waals surface area contributed by atoms with E-state index in [2.05, 4.69) is 0 Å². The third kappa shape index (κ3) is 3.77. The van der Waals surface area contributed by atoms with Gasteiger partial charge in [0.15, 0.2) is 11.9 Å². The standard InChI is InChI=1S/C18H23NO5S/c1-13-8-9-14(25(22,23)19-10-3-2-4-11-19)12-15(13)18(21)24-17-7-5-6-16(17)20/h8-9,12,17H,2-7,10-11H2,1H3/t17-/m0/s1. The lowest BCUT2D eigenvalue weighted by atomic mass is 10.1. The van der Waals surface area contributed by atoms with Crippen LogP contribution in [0.2, 0.25) is 0 Å². The van der Waals surface area contributed by atoms with Gasteiger partial charge < -0.3 is 4.74 Å². The van der Waals surface area contributed by atoms with E-state index in [1.807, 2.05) is 0 Å². The van der Waals surface area contributed by atoms with Crippen LogP contribution in [0.15, 0.2) is 23.1 Å². The van der Waals surface area contributed by atoms with Crippen molar-refractivity contribution in [1.82, 2.24) is 4.31 Å². The van der Waals surface area contributed by atoms with Gasteiger partial charge in [-0.2, -0.15) is 4.31 Å². The summed E-state index contributed by atoms with van der Waals surface area (Å²) in [7, 11) is -3.61. The van der Waals surface area contributed by atoms with Crippen LogP contribution in [0, 0.1) is 6.92 Å². The monoisotopic (exact) mass is 365 g/mol. The first-order chi connectivity index (χ1) is 11.9. The number of hydrogen-bond donors (Lipinski definition) is 0. The summed E-state index contributed by atoms with van der Waals surface area (Å²) in [5, 5.41) is 0. The number of benzene rings is 1. The molecule has 0 amide bonds. The summed E-state index contributed by atoms with van der Waals surface area (Å²) in [6.07, 6.45) is 3.73. The number of carbonyl (C=O) groups is 2. The number of nitrogens with zero attached hydrogens (tertiary/aromatic N) is 1. The van der Waals surface area contributed by atoms with Crippen molar-refractivity contribution in [2.75, 3.05) is 13.1 Å². The maximum Gasteiger partial charge on any atom is 0.339 e. The smallest absolute Gasteiger partial charge is 0.339 e. The quantitative estimate of drug-likeness (QED) is 0.766. The van der Waals surface area contributed by atoms with E-state index in [0.29, 0.717) is 31.5 Å². The van der Waals surface area contributed by atoms with Gasteiger partial charge in [-0.1, -0.05) is 12.5 Å². The number of ketones is 1. The van der Waals surface area contributed by atoms with Crippen LogP contribution in [0.1, 0.15) is 54.4 Å². The predicted octanol–water partition coefficient (Wildman–Crippen LogP) is 2.45. The molecule has 0 unspecified atom stereocenters. The highest BCUT2D eigenvalue weighted by atomic mass is 32.2. The van der Waals surface area contributed by atoms with Gasteiger partial charge in [-0.05, 0) is 50.3 Å². The molecule has 0 N–H and O–H groups in total. The molecule has 0 radical (unpaired) electrons. The first kappa shape index (κ1) is 18.1. The Balaban J connectivity index is 1.84. The summed E-state index contributed by atoms with van der Waals surface area (Å²) in [6, 6.07) is 4.52. The largest absolute Gasteiger partial charge is 0.451 e. The topological polar surface area (TPSA) is 80.8 Å². The fourth-order valence-electron chi connectivity index (χ4n) is 3.34. The highest BCUT2D eigenvalue weighted by Crippen LogP contribution is 2.25. The molecule has 3 rings (SSSR count). The molecule has 1 aliphatic carbocycles. The van der Waals surface area contributed by atoms with Gasteiger partial charge in [0.25, 0.3) is 0 Å². The average Bonchev–Trinajstić information content (AvgIpc) is 3.00. The molecule has 25 heavy (non-hydrogen) atoms. The molecule has 1 saturated carbocycles. The molecule has 1 heterocycles. The van der Waals surface area contributed by atoms with E-state index in [1.54, 1.807) is 13.0 Å². The van der Waals surface area contributed by atoms with E-state index in [-0.39, 0.29) is 16.2 Å². The molecule has 1 saturated heterocycles. The first-order valence-corrected chi connectivity index (χ1v) is 10.2. The average molecular weight is 365 g/mol. The maximum atomic E-state index is 12.8. The van der Waals surface area contributed by atoms with E-state index in [4.69, 9.17) is 4.74 Å². The Hall–Kier alpha value is -1.73. The van der Waals surface area contributed by atoms with Gasteiger partial charge in [-0.3, -0.25) is 4.79 Å². The van der Waals surface area contributed by atoms with Crippen LogP contribution in [0.4, 0.5) is 0 Å². The number of carbonyl (C=O) groups excluding carboxylic acids is 2. The van der Waals surface area contributed by atoms with Gasteiger partial charge in [-0.25, -0.2) is 13.2 Å². The zero-order valence-electron chi connectivity index (χ0n) is 14.4. The fraction of sp³-hybridized carbons (Fsp3) is 0.556. The van der Waals surface area contributed by atoms with Gasteiger partial charge in [-0.15, -0.1) is 0 Å². The number of hydrogen-bond acceptors (Lipinski definition) is 5. The molecule has 136 valence electrons. The van der Waals surface area contributed by atoms with Crippen molar-refractivity contribution in [2.24, 2.45) is 0 Å². The second-order valence-corrected chi connectivity index (χ2v) is 8.63. The number of sulfonamides is 1. The molecular weight excluding hydrogens is 342 g/mol. The molecular formula is C18H23NO5S. The fourth-order valence-corrected chi connectivity index (χ4v) is 4.88. The van der Waals surface area contributed by atoms with Gasteiger partial charge in [0.2, 0.25) is 10.0 Å². The van der Waals surface area contributed by atoms with E-state index in [9.17, 15) is 18.0 Å². The van der Waals surface area contributed by atoms with Gasteiger partial charge in [0.05, 0.1) is 10.5 Å². The third-order valence-corrected chi connectivity index (χ3v) is 6.77. The summed E-state index contributed by atoms with van der Waals surface area (Å²) in [5.41, 5.74) is 0.839. The van der Waals surface area contributed by atoms with Crippen LogP contribution in [-0.2, 0) is 19.6 Å². The van der Waals surface area contributed by atoms with Crippen molar-refractivity contribution in [3.05, 3.63) is 29.3 Å². The maximum absolute atomic E-state index is 12.8. The highest BCUT2D eigenvalue weighted by molar-refractivity contribution is 7.89. The molecule has 1 aromatic carbocycles. The molecule has 1 aromatic rings. The molecule has 1 aliphatic heterocycles.